The van der Waals surface area contributed by atoms with Gasteiger partial charge in [0.2, 0.25) is 0 Å². The van der Waals surface area contributed by atoms with E-state index in [1.807, 2.05) is 19.2 Å². The summed E-state index contributed by atoms with van der Waals surface area (Å²) in [5.74, 6) is 1.54. The number of likely N-dealkylation sites (N-methyl/N-ethyl adjacent to an activating group) is 1. The Morgan fingerprint density at radius 3 is 2.16 bits per heavy atom. The summed E-state index contributed by atoms with van der Waals surface area (Å²) in [5, 5.41) is 3.87. The Morgan fingerprint density at radius 2 is 1.63 bits per heavy atom. The van der Waals surface area contributed by atoms with E-state index in [0.29, 0.717) is 13.2 Å². The number of nitrogens with one attached hydrogen (secondary N) is 1. The second kappa shape index (κ2) is 9.05. The lowest BCUT2D eigenvalue weighted by Gasteiger charge is -2.15. The van der Waals surface area contributed by atoms with E-state index in [9.17, 15) is 0 Å². The standard InChI is InChI=1S/C15H24ClNO2/c1-4-8-18-14-10-12(6-7-17-3)13(16)11-15(14)19-9-5-2/h10-11,17H,4-9H2,1-3H3. The van der Waals surface area contributed by atoms with Gasteiger partial charge in [-0.25, -0.2) is 0 Å². The number of ether oxygens (including phenoxy) is 2. The van der Waals surface area contributed by atoms with Gasteiger partial charge in [0.25, 0.3) is 0 Å². The summed E-state index contributed by atoms with van der Waals surface area (Å²) >= 11 is 6.29. The minimum atomic E-state index is 0.675. The van der Waals surface area contributed by atoms with Gasteiger partial charge in [-0.15, -0.1) is 0 Å². The molecule has 0 amide bonds. The zero-order valence-corrected chi connectivity index (χ0v) is 12.8. The van der Waals surface area contributed by atoms with E-state index < -0.39 is 0 Å². The molecule has 0 saturated carbocycles. The molecule has 0 saturated heterocycles. The van der Waals surface area contributed by atoms with Crippen LogP contribution in [-0.4, -0.2) is 26.8 Å². The van der Waals surface area contributed by atoms with Crippen molar-refractivity contribution in [2.45, 2.75) is 33.1 Å². The maximum atomic E-state index is 6.29. The van der Waals surface area contributed by atoms with Crippen molar-refractivity contribution >= 4 is 11.6 Å². The minimum absolute atomic E-state index is 0.675. The lowest BCUT2D eigenvalue weighted by molar-refractivity contribution is 0.268. The molecule has 1 N–H and O–H groups in total. The molecule has 0 heterocycles. The highest BCUT2D eigenvalue weighted by molar-refractivity contribution is 6.31. The first-order valence-electron chi connectivity index (χ1n) is 6.95. The largest absolute Gasteiger partial charge is 0.490 e. The molecule has 0 aliphatic rings. The van der Waals surface area contributed by atoms with Gasteiger partial charge in [0, 0.05) is 11.1 Å². The molecule has 1 aromatic carbocycles. The van der Waals surface area contributed by atoms with Crippen LogP contribution in [0.15, 0.2) is 12.1 Å². The van der Waals surface area contributed by atoms with Crippen LogP contribution in [0.4, 0.5) is 0 Å². The predicted molar refractivity (Wildman–Crippen MR) is 80.7 cm³/mol. The van der Waals surface area contributed by atoms with E-state index in [0.717, 1.165) is 47.9 Å². The Balaban J connectivity index is 2.91. The Kier molecular flexibility index (Phi) is 7.68. The molecule has 0 aliphatic carbocycles. The summed E-state index contributed by atoms with van der Waals surface area (Å²) in [6, 6.07) is 3.87. The number of rotatable bonds is 9. The number of hydrogen-bond acceptors (Lipinski definition) is 3. The third-order valence-electron chi connectivity index (χ3n) is 2.68. The fourth-order valence-electron chi connectivity index (χ4n) is 1.68. The Hall–Kier alpha value is -0.930. The van der Waals surface area contributed by atoms with E-state index in [4.69, 9.17) is 21.1 Å². The first-order valence-corrected chi connectivity index (χ1v) is 7.33. The molecular formula is C15H24ClNO2. The van der Waals surface area contributed by atoms with Crippen LogP contribution in [0.2, 0.25) is 5.02 Å². The molecule has 1 aromatic rings. The SMILES string of the molecule is CCCOc1cc(Cl)c(CCNC)cc1OCCC. The van der Waals surface area contributed by atoms with E-state index in [-0.39, 0.29) is 0 Å². The van der Waals surface area contributed by atoms with Gasteiger partial charge < -0.3 is 14.8 Å². The normalized spacial score (nSPS) is 10.5. The molecule has 3 nitrogen and oxygen atoms in total. The van der Waals surface area contributed by atoms with Gasteiger partial charge in [0.15, 0.2) is 11.5 Å². The third-order valence-corrected chi connectivity index (χ3v) is 3.03. The fourth-order valence-corrected chi connectivity index (χ4v) is 1.93. The second-order valence-electron chi connectivity index (χ2n) is 4.44. The molecule has 0 aromatic heterocycles. The smallest absolute Gasteiger partial charge is 0.162 e. The van der Waals surface area contributed by atoms with E-state index in [2.05, 4.69) is 19.2 Å². The molecule has 0 aliphatic heterocycles. The lowest BCUT2D eigenvalue weighted by Crippen LogP contribution is -2.11. The van der Waals surface area contributed by atoms with Crippen LogP contribution < -0.4 is 14.8 Å². The summed E-state index contributed by atoms with van der Waals surface area (Å²) < 4.78 is 11.5. The third kappa shape index (κ3) is 5.29. The molecule has 0 unspecified atom stereocenters. The first kappa shape index (κ1) is 16.1. The molecule has 0 bridgehead atoms. The minimum Gasteiger partial charge on any atom is -0.490 e. The molecule has 4 heteroatoms. The number of halogens is 1. The quantitative estimate of drug-likeness (QED) is 0.751. The maximum Gasteiger partial charge on any atom is 0.162 e. The Morgan fingerprint density at radius 1 is 1.05 bits per heavy atom. The van der Waals surface area contributed by atoms with E-state index in [1.165, 1.54) is 0 Å². The van der Waals surface area contributed by atoms with Crippen LogP contribution in [0.3, 0.4) is 0 Å². The first-order chi connectivity index (χ1) is 9.22. The number of hydrogen-bond donors (Lipinski definition) is 1. The van der Waals surface area contributed by atoms with Gasteiger partial charge in [0.05, 0.1) is 13.2 Å². The molecular weight excluding hydrogens is 262 g/mol. The molecule has 0 spiro atoms. The van der Waals surface area contributed by atoms with Gasteiger partial charge >= 0.3 is 0 Å². The monoisotopic (exact) mass is 285 g/mol. The van der Waals surface area contributed by atoms with Crippen LogP contribution in [0.5, 0.6) is 11.5 Å². The summed E-state index contributed by atoms with van der Waals surface area (Å²) in [5.41, 5.74) is 1.09. The van der Waals surface area contributed by atoms with Crippen molar-refractivity contribution in [2.75, 3.05) is 26.8 Å². The van der Waals surface area contributed by atoms with Crippen molar-refractivity contribution in [3.05, 3.63) is 22.7 Å². The van der Waals surface area contributed by atoms with Gasteiger partial charge in [-0.3, -0.25) is 0 Å². The summed E-state index contributed by atoms with van der Waals surface area (Å²) in [4.78, 5) is 0. The molecule has 19 heavy (non-hydrogen) atoms. The average molecular weight is 286 g/mol. The van der Waals surface area contributed by atoms with Crippen molar-refractivity contribution in [3.63, 3.8) is 0 Å². The average Bonchev–Trinajstić information content (AvgIpc) is 2.42. The summed E-state index contributed by atoms with van der Waals surface area (Å²) in [7, 11) is 1.93. The van der Waals surface area contributed by atoms with Crippen molar-refractivity contribution < 1.29 is 9.47 Å². The van der Waals surface area contributed by atoms with Gasteiger partial charge in [-0.2, -0.15) is 0 Å². The molecule has 0 atom stereocenters. The van der Waals surface area contributed by atoms with Crippen LogP contribution in [0.1, 0.15) is 32.3 Å². The van der Waals surface area contributed by atoms with Crippen LogP contribution in [0, 0.1) is 0 Å². The van der Waals surface area contributed by atoms with E-state index in [1.54, 1.807) is 0 Å². The molecule has 1 rings (SSSR count). The predicted octanol–water partition coefficient (Wildman–Crippen LogP) is 3.68. The maximum absolute atomic E-state index is 6.29. The van der Waals surface area contributed by atoms with Crippen LogP contribution in [0.25, 0.3) is 0 Å². The number of benzene rings is 1. The zero-order chi connectivity index (χ0) is 14.1. The van der Waals surface area contributed by atoms with E-state index >= 15 is 0 Å². The van der Waals surface area contributed by atoms with Crippen molar-refractivity contribution in [1.29, 1.82) is 0 Å². The van der Waals surface area contributed by atoms with Crippen LogP contribution in [-0.2, 0) is 6.42 Å². The highest BCUT2D eigenvalue weighted by Gasteiger charge is 2.11. The molecule has 0 radical (unpaired) electrons. The van der Waals surface area contributed by atoms with Crippen molar-refractivity contribution in [3.8, 4) is 11.5 Å². The van der Waals surface area contributed by atoms with Gasteiger partial charge in [-0.05, 0) is 44.5 Å². The highest BCUT2D eigenvalue weighted by Crippen LogP contribution is 2.34. The molecule has 0 fully saturated rings. The van der Waals surface area contributed by atoms with Gasteiger partial charge in [-0.1, -0.05) is 25.4 Å². The van der Waals surface area contributed by atoms with Crippen molar-refractivity contribution in [2.24, 2.45) is 0 Å². The fraction of sp³-hybridized carbons (Fsp3) is 0.600. The Labute approximate surface area is 121 Å². The summed E-state index contributed by atoms with van der Waals surface area (Å²) in [6.45, 7) is 6.42. The topological polar surface area (TPSA) is 30.5 Å². The van der Waals surface area contributed by atoms with Gasteiger partial charge in [0.1, 0.15) is 0 Å². The Bertz CT molecular complexity index is 383. The van der Waals surface area contributed by atoms with Crippen molar-refractivity contribution in [1.82, 2.24) is 5.32 Å². The lowest BCUT2D eigenvalue weighted by atomic mass is 10.1. The van der Waals surface area contributed by atoms with Crippen LogP contribution >= 0.6 is 11.6 Å². The second-order valence-corrected chi connectivity index (χ2v) is 4.85. The zero-order valence-electron chi connectivity index (χ0n) is 12.1. The summed E-state index contributed by atoms with van der Waals surface area (Å²) in [6.07, 6.45) is 2.82. The molecule has 108 valence electrons. The highest BCUT2D eigenvalue weighted by atomic mass is 35.5.